The summed E-state index contributed by atoms with van der Waals surface area (Å²) in [6.07, 6.45) is 0. The molecule has 1 heterocycles. The SMILES string of the molecule is O=C(COC(=O)COc1ccc(Cl)cc1Cl)Nc1nc(-c2ccccc2Cl)cs1. The molecule has 2 aromatic carbocycles. The number of nitrogens with one attached hydrogen (secondary N) is 1. The van der Waals surface area contributed by atoms with Gasteiger partial charge in [-0.1, -0.05) is 53.0 Å². The molecule has 10 heteroatoms. The molecule has 3 rings (SSSR count). The number of carbonyl (C=O) groups is 2. The van der Waals surface area contributed by atoms with Gasteiger partial charge in [0.2, 0.25) is 0 Å². The fourth-order valence-corrected chi connectivity index (χ4v) is 3.62. The van der Waals surface area contributed by atoms with Gasteiger partial charge in [0, 0.05) is 21.0 Å². The zero-order valence-corrected chi connectivity index (χ0v) is 17.7. The van der Waals surface area contributed by atoms with Gasteiger partial charge in [-0.05, 0) is 24.3 Å². The summed E-state index contributed by atoms with van der Waals surface area (Å²) in [5, 5.41) is 5.98. The van der Waals surface area contributed by atoms with Crippen LogP contribution in [-0.2, 0) is 14.3 Å². The molecule has 0 fully saturated rings. The highest BCUT2D eigenvalue weighted by atomic mass is 35.5. The number of ether oxygens (including phenoxy) is 2. The minimum atomic E-state index is -0.720. The normalized spacial score (nSPS) is 10.4. The van der Waals surface area contributed by atoms with Gasteiger partial charge in [0.1, 0.15) is 5.75 Å². The number of benzene rings is 2. The Labute approximate surface area is 185 Å². The highest BCUT2D eigenvalue weighted by Gasteiger charge is 2.13. The molecule has 0 aliphatic rings. The maximum Gasteiger partial charge on any atom is 0.344 e. The third-order valence-corrected chi connectivity index (χ3v) is 5.12. The molecule has 0 unspecified atom stereocenters. The third-order valence-electron chi connectivity index (χ3n) is 3.50. The van der Waals surface area contributed by atoms with Crippen molar-refractivity contribution < 1.29 is 19.1 Å². The van der Waals surface area contributed by atoms with Gasteiger partial charge in [-0.2, -0.15) is 0 Å². The van der Waals surface area contributed by atoms with Crippen molar-refractivity contribution >= 4 is 63.1 Å². The smallest absolute Gasteiger partial charge is 0.344 e. The molecule has 0 saturated heterocycles. The van der Waals surface area contributed by atoms with E-state index in [1.54, 1.807) is 17.5 Å². The summed E-state index contributed by atoms with van der Waals surface area (Å²) in [6, 6.07) is 11.8. The maximum atomic E-state index is 12.0. The number of hydrogen-bond acceptors (Lipinski definition) is 6. The third kappa shape index (κ3) is 6.08. The molecular weight excluding hydrogens is 459 g/mol. The molecular formula is C19H13Cl3N2O4S. The zero-order valence-electron chi connectivity index (χ0n) is 14.7. The lowest BCUT2D eigenvalue weighted by Crippen LogP contribution is -2.23. The minimum absolute atomic E-state index is 0.265. The van der Waals surface area contributed by atoms with E-state index in [9.17, 15) is 9.59 Å². The van der Waals surface area contributed by atoms with Gasteiger partial charge in [-0.3, -0.25) is 10.1 Å². The van der Waals surface area contributed by atoms with E-state index in [4.69, 9.17) is 44.3 Å². The van der Waals surface area contributed by atoms with Crippen molar-refractivity contribution in [1.29, 1.82) is 0 Å². The Kier molecular flexibility index (Phi) is 7.33. The van der Waals surface area contributed by atoms with Crippen LogP contribution in [0.4, 0.5) is 5.13 Å². The van der Waals surface area contributed by atoms with Gasteiger partial charge in [0.05, 0.1) is 10.7 Å². The molecule has 0 aliphatic heterocycles. The van der Waals surface area contributed by atoms with Crippen LogP contribution >= 0.6 is 46.1 Å². The summed E-state index contributed by atoms with van der Waals surface area (Å²) < 4.78 is 10.1. The summed E-state index contributed by atoms with van der Waals surface area (Å²) in [7, 11) is 0. The highest BCUT2D eigenvalue weighted by molar-refractivity contribution is 7.14. The Balaban J connectivity index is 1.46. The second kappa shape index (κ2) is 9.93. The van der Waals surface area contributed by atoms with E-state index >= 15 is 0 Å². The molecule has 1 amide bonds. The van der Waals surface area contributed by atoms with Crippen LogP contribution < -0.4 is 10.1 Å². The monoisotopic (exact) mass is 470 g/mol. The molecule has 1 aromatic heterocycles. The van der Waals surface area contributed by atoms with E-state index in [1.165, 1.54) is 23.5 Å². The number of halogens is 3. The average Bonchev–Trinajstić information content (AvgIpc) is 3.14. The maximum absolute atomic E-state index is 12.0. The molecule has 0 spiro atoms. The van der Waals surface area contributed by atoms with Gasteiger partial charge < -0.3 is 9.47 Å². The van der Waals surface area contributed by atoms with Crippen LogP contribution in [0.15, 0.2) is 47.8 Å². The van der Waals surface area contributed by atoms with Crippen LogP contribution in [0.25, 0.3) is 11.3 Å². The summed E-state index contributed by atoms with van der Waals surface area (Å²) >= 11 is 19.1. The van der Waals surface area contributed by atoms with Crippen molar-refractivity contribution in [3.8, 4) is 17.0 Å². The van der Waals surface area contributed by atoms with Gasteiger partial charge in [0.25, 0.3) is 5.91 Å². The zero-order chi connectivity index (χ0) is 20.8. The minimum Gasteiger partial charge on any atom is -0.480 e. The predicted octanol–water partition coefficient (Wildman–Crippen LogP) is 5.33. The Morgan fingerprint density at radius 1 is 1.03 bits per heavy atom. The van der Waals surface area contributed by atoms with Gasteiger partial charge in [-0.25, -0.2) is 9.78 Å². The molecule has 0 aliphatic carbocycles. The van der Waals surface area contributed by atoms with Crippen molar-refractivity contribution in [1.82, 2.24) is 4.98 Å². The molecule has 29 heavy (non-hydrogen) atoms. The summed E-state index contributed by atoms with van der Waals surface area (Å²) in [6.45, 7) is -0.875. The lowest BCUT2D eigenvalue weighted by atomic mass is 10.2. The second-order valence-corrected chi connectivity index (χ2v) is 7.70. The van der Waals surface area contributed by atoms with Gasteiger partial charge >= 0.3 is 5.97 Å². The average molecular weight is 472 g/mol. The fraction of sp³-hybridized carbons (Fsp3) is 0.105. The molecule has 0 saturated carbocycles. The summed E-state index contributed by atoms with van der Waals surface area (Å²) in [5.41, 5.74) is 1.40. The van der Waals surface area contributed by atoms with E-state index in [0.717, 1.165) is 5.56 Å². The van der Waals surface area contributed by atoms with Crippen LogP contribution in [0.3, 0.4) is 0 Å². The summed E-state index contributed by atoms with van der Waals surface area (Å²) in [5.74, 6) is -0.961. The Morgan fingerprint density at radius 3 is 2.59 bits per heavy atom. The second-order valence-electron chi connectivity index (χ2n) is 5.59. The first-order chi connectivity index (χ1) is 13.9. The fourth-order valence-electron chi connectivity index (χ4n) is 2.20. The van der Waals surface area contributed by atoms with Crippen LogP contribution in [0.5, 0.6) is 5.75 Å². The number of hydrogen-bond donors (Lipinski definition) is 1. The Hall–Kier alpha value is -2.32. The number of esters is 1. The predicted molar refractivity (Wildman–Crippen MR) is 114 cm³/mol. The van der Waals surface area contributed by atoms with Crippen LogP contribution in [-0.4, -0.2) is 30.1 Å². The van der Waals surface area contributed by atoms with E-state index in [-0.39, 0.29) is 10.8 Å². The van der Waals surface area contributed by atoms with Crippen molar-refractivity contribution in [3.63, 3.8) is 0 Å². The lowest BCUT2D eigenvalue weighted by molar-refractivity contribution is -0.149. The van der Waals surface area contributed by atoms with E-state index in [2.05, 4.69) is 10.3 Å². The van der Waals surface area contributed by atoms with Gasteiger partial charge in [-0.15, -0.1) is 11.3 Å². The number of nitrogens with zero attached hydrogens (tertiary/aromatic N) is 1. The van der Waals surface area contributed by atoms with Crippen molar-refractivity contribution in [3.05, 3.63) is 62.9 Å². The van der Waals surface area contributed by atoms with Crippen LogP contribution in [0.2, 0.25) is 15.1 Å². The van der Waals surface area contributed by atoms with Crippen LogP contribution in [0.1, 0.15) is 0 Å². The Bertz CT molecular complexity index is 1040. The van der Waals surface area contributed by atoms with Crippen molar-refractivity contribution in [2.24, 2.45) is 0 Å². The van der Waals surface area contributed by atoms with Gasteiger partial charge in [0.15, 0.2) is 18.3 Å². The van der Waals surface area contributed by atoms with E-state index in [0.29, 0.717) is 20.9 Å². The first-order valence-electron chi connectivity index (χ1n) is 8.16. The molecule has 1 N–H and O–H groups in total. The molecule has 6 nitrogen and oxygen atoms in total. The molecule has 0 radical (unpaired) electrons. The molecule has 150 valence electrons. The van der Waals surface area contributed by atoms with Crippen molar-refractivity contribution in [2.45, 2.75) is 0 Å². The molecule has 0 bridgehead atoms. The number of aromatic nitrogens is 1. The van der Waals surface area contributed by atoms with Crippen molar-refractivity contribution in [2.75, 3.05) is 18.5 Å². The number of amides is 1. The first kappa shape index (κ1) is 21.4. The van der Waals surface area contributed by atoms with Crippen LogP contribution in [0, 0.1) is 0 Å². The van der Waals surface area contributed by atoms with E-state index in [1.807, 2.05) is 18.2 Å². The molecule has 3 aromatic rings. The number of thiazole rings is 1. The first-order valence-corrected chi connectivity index (χ1v) is 10.2. The largest absolute Gasteiger partial charge is 0.480 e. The highest BCUT2D eigenvalue weighted by Crippen LogP contribution is 2.30. The molecule has 0 atom stereocenters. The Morgan fingerprint density at radius 2 is 1.83 bits per heavy atom. The standard InChI is InChI=1S/C19H13Cl3N2O4S/c20-11-5-6-16(14(22)7-11)27-9-18(26)28-8-17(25)24-19-23-15(10-29-19)12-3-1-2-4-13(12)21/h1-7,10H,8-9H2,(H,23,24,25). The quantitative estimate of drug-likeness (QED) is 0.471. The van der Waals surface area contributed by atoms with E-state index < -0.39 is 25.1 Å². The number of carbonyl (C=O) groups excluding carboxylic acids is 2. The lowest BCUT2D eigenvalue weighted by Gasteiger charge is -2.08. The number of rotatable bonds is 7. The summed E-state index contributed by atoms with van der Waals surface area (Å²) in [4.78, 5) is 28.0. The number of anilines is 1. The topological polar surface area (TPSA) is 77.5 Å².